The van der Waals surface area contributed by atoms with Gasteiger partial charge in [-0.2, -0.15) is 5.26 Å². The van der Waals surface area contributed by atoms with Crippen LogP contribution in [-0.2, 0) is 0 Å². The average Bonchev–Trinajstić information content (AvgIpc) is 3.29. The lowest BCUT2D eigenvalue weighted by molar-refractivity contribution is 0.897. The number of allylic oxidation sites excluding steroid dienone is 1. The van der Waals surface area contributed by atoms with Gasteiger partial charge >= 0.3 is 0 Å². The maximum absolute atomic E-state index is 9.49. The Morgan fingerprint density at radius 3 is 2.62 bits per heavy atom. The maximum atomic E-state index is 9.49. The third kappa shape index (κ3) is 2.86. The quantitative estimate of drug-likeness (QED) is 0.683. The van der Waals surface area contributed by atoms with Crippen LogP contribution in [0.3, 0.4) is 0 Å². The van der Waals surface area contributed by atoms with Crippen molar-refractivity contribution in [1.82, 2.24) is 15.0 Å². The third-order valence-corrected chi connectivity index (χ3v) is 5.07. The number of hydrogen-bond acceptors (Lipinski definition) is 6. The highest BCUT2D eigenvalue weighted by molar-refractivity contribution is 7.19. The summed E-state index contributed by atoms with van der Waals surface area (Å²) in [7, 11) is 0. The number of benzene rings is 1. The fourth-order valence-electron chi connectivity index (χ4n) is 2.78. The van der Waals surface area contributed by atoms with E-state index in [0.29, 0.717) is 5.57 Å². The van der Waals surface area contributed by atoms with Crippen molar-refractivity contribution in [3.8, 4) is 6.07 Å². The third-order valence-electron chi connectivity index (χ3n) is 4.00. The molecule has 6 heteroatoms. The summed E-state index contributed by atoms with van der Waals surface area (Å²) in [5, 5.41) is 10.2. The summed E-state index contributed by atoms with van der Waals surface area (Å²) < 4.78 is 1.08. The predicted molar refractivity (Wildman–Crippen MR) is 96.6 cm³/mol. The van der Waals surface area contributed by atoms with E-state index in [9.17, 15) is 5.26 Å². The summed E-state index contributed by atoms with van der Waals surface area (Å²) in [6.45, 7) is 2.04. The Kier molecular flexibility index (Phi) is 3.93. The Hall–Kier alpha value is -2.78. The van der Waals surface area contributed by atoms with Crippen molar-refractivity contribution in [3.05, 3.63) is 47.2 Å². The fourth-order valence-corrected chi connectivity index (χ4v) is 3.71. The molecular formula is C18H15N5S. The summed E-state index contributed by atoms with van der Waals surface area (Å²) >= 11 is 1.52. The van der Waals surface area contributed by atoms with Crippen LogP contribution in [0.4, 0.5) is 5.95 Å². The van der Waals surface area contributed by atoms with E-state index < -0.39 is 0 Å². The number of nitriles is 1. The molecule has 3 aromatic rings. The molecule has 0 unspecified atom stereocenters. The molecule has 118 valence electrons. The highest BCUT2D eigenvalue weighted by Crippen LogP contribution is 2.28. The van der Waals surface area contributed by atoms with Crippen LogP contribution in [0.5, 0.6) is 0 Å². The van der Waals surface area contributed by atoms with Gasteiger partial charge in [-0.15, -0.1) is 11.3 Å². The van der Waals surface area contributed by atoms with Crippen LogP contribution in [0, 0.1) is 11.3 Å². The van der Waals surface area contributed by atoms with E-state index in [1.54, 1.807) is 18.5 Å². The molecule has 0 aliphatic carbocycles. The molecular weight excluding hydrogens is 318 g/mol. The van der Waals surface area contributed by atoms with Crippen LogP contribution in [-0.4, -0.2) is 28.0 Å². The molecule has 4 rings (SSSR count). The monoisotopic (exact) mass is 333 g/mol. The molecule has 0 bridgehead atoms. The van der Waals surface area contributed by atoms with Gasteiger partial charge in [0.2, 0.25) is 5.95 Å². The number of aromatic nitrogens is 3. The molecule has 0 saturated carbocycles. The number of fused-ring (bicyclic) bond motifs is 1. The Balaban J connectivity index is 1.63. The van der Waals surface area contributed by atoms with Crippen molar-refractivity contribution in [2.24, 2.45) is 0 Å². The van der Waals surface area contributed by atoms with Crippen LogP contribution >= 0.6 is 11.3 Å². The second-order valence-electron chi connectivity index (χ2n) is 5.67. The van der Waals surface area contributed by atoms with E-state index >= 15 is 0 Å². The molecule has 1 fully saturated rings. The first-order valence-corrected chi connectivity index (χ1v) is 8.70. The summed E-state index contributed by atoms with van der Waals surface area (Å²) in [5.41, 5.74) is 2.27. The molecule has 1 saturated heterocycles. The van der Waals surface area contributed by atoms with Crippen LogP contribution in [0.15, 0.2) is 36.7 Å². The number of anilines is 1. The molecule has 5 nitrogen and oxygen atoms in total. The molecule has 1 aliphatic rings. The van der Waals surface area contributed by atoms with Gasteiger partial charge in [-0.25, -0.2) is 15.0 Å². The second kappa shape index (κ2) is 6.38. The van der Waals surface area contributed by atoms with E-state index in [1.165, 1.54) is 24.2 Å². The first kappa shape index (κ1) is 14.8. The second-order valence-corrected chi connectivity index (χ2v) is 6.70. The molecule has 24 heavy (non-hydrogen) atoms. The minimum Gasteiger partial charge on any atom is -0.341 e. The Morgan fingerprint density at radius 1 is 1.17 bits per heavy atom. The summed E-state index contributed by atoms with van der Waals surface area (Å²) in [6.07, 6.45) is 7.73. The van der Waals surface area contributed by atoms with Gasteiger partial charge in [0.15, 0.2) is 0 Å². The minimum absolute atomic E-state index is 0.536. The van der Waals surface area contributed by atoms with Crippen LogP contribution in [0.1, 0.15) is 23.4 Å². The fraction of sp³-hybridized carbons (Fsp3) is 0.222. The molecule has 0 radical (unpaired) electrons. The molecule has 0 spiro atoms. The lowest BCUT2D eigenvalue weighted by Gasteiger charge is -2.14. The minimum atomic E-state index is 0.536. The SMILES string of the molecule is N#C/C(=C/c1cnc(N2CCCC2)nc1)c1nc2ccccc2s1. The smallest absolute Gasteiger partial charge is 0.225 e. The average molecular weight is 333 g/mol. The van der Waals surface area contributed by atoms with Gasteiger partial charge in [-0.1, -0.05) is 12.1 Å². The molecule has 1 aliphatic heterocycles. The zero-order valence-corrected chi connectivity index (χ0v) is 13.8. The molecule has 2 aromatic heterocycles. The largest absolute Gasteiger partial charge is 0.341 e. The summed E-state index contributed by atoms with van der Waals surface area (Å²) in [6, 6.07) is 10.1. The zero-order chi connectivity index (χ0) is 16.4. The van der Waals surface area contributed by atoms with Gasteiger partial charge in [0.25, 0.3) is 0 Å². The predicted octanol–water partition coefficient (Wildman–Crippen LogP) is 3.75. The Bertz CT molecular complexity index is 897. The molecule has 0 atom stereocenters. The lowest BCUT2D eigenvalue weighted by atomic mass is 10.2. The van der Waals surface area contributed by atoms with Gasteiger partial charge in [0.05, 0.1) is 15.8 Å². The van der Waals surface area contributed by atoms with E-state index in [0.717, 1.165) is 39.8 Å². The number of para-hydroxylation sites is 1. The highest BCUT2D eigenvalue weighted by atomic mass is 32.1. The summed E-state index contributed by atoms with van der Waals surface area (Å²) in [5.74, 6) is 0.767. The Morgan fingerprint density at radius 2 is 1.92 bits per heavy atom. The van der Waals surface area contributed by atoms with Gasteiger partial charge in [-0.3, -0.25) is 0 Å². The van der Waals surface area contributed by atoms with Crippen LogP contribution in [0.2, 0.25) is 0 Å². The van der Waals surface area contributed by atoms with E-state index in [1.807, 2.05) is 24.3 Å². The first-order valence-electron chi connectivity index (χ1n) is 7.88. The lowest BCUT2D eigenvalue weighted by Crippen LogP contribution is -2.20. The number of hydrogen-bond donors (Lipinski definition) is 0. The van der Waals surface area contributed by atoms with Gasteiger partial charge in [-0.05, 0) is 31.1 Å². The van der Waals surface area contributed by atoms with Gasteiger partial charge in [0, 0.05) is 31.0 Å². The van der Waals surface area contributed by atoms with Crippen molar-refractivity contribution in [2.45, 2.75) is 12.8 Å². The molecule has 0 N–H and O–H groups in total. The molecule has 0 amide bonds. The molecule has 3 heterocycles. The van der Waals surface area contributed by atoms with E-state index in [2.05, 4.69) is 25.9 Å². The van der Waals surface area contributed by atoms with Gasteiger partial charge < -0.3 is 4.90 Å². The van der Waals surface area contributed by atoms with Crippen LogP contribution < -0.4 is 4.90 Å². The number of nitrogens with zero attached hydrogens (tertiary/aromatic N) is 5. The van der Waals surface area contributed by atoms with Crippen molar-refractivity contribution in [1.29, 1.82) is 5.26 Å². The van der Waals surface area contributed by atoms with Crippen molar-refractivity contribution >= 4 is 39.2 Å². The zero-order valence-electron chi connectivity index (χ0n) is 13.0. The highest BCUT2D eigenvalue weighted by Gasteiger charge is 2.14. The normalized spacial score (nSPS) is 15.0. The number of thiazole rings is 1. The number of rotatable bonds is 3. The van der Waals surface area contributed by atoms with Crippen molar-refractivity contribution in [3.63, 3.8) is 0 Å². The van der Waals surface area contributed by atoms with Crippen LogP contribution in [0.25, 0.3) is 21.9 Å². The summed E-state index contributed by atoms with van der Waals surface area (Å²) in [4.78, 5) is 15.6. The Labute approximate surface area is 143 Å². The van der Waals surface area contributed by atoms with Crippen molar-refractivity contribution in [2.75, 3.05) is 18.0 Å². The maximum Gasteiger partial charge on any atom is 0.225 e. The van der Waals surface area contributed by atoms with E-state index in [-0.39, 0.29) is 0 Å². The van der Waals surface area contributed by atoms with Gasteiger partial charge in [0.1, 0.15) is 11.1 Å². The van der Waals surface area contributed by atoms with E-state index in [4.69, 9.17) is 0 Å². The molecule has 1 aromatic carbocycles. The standard InChI is InChI=1S/C18H15N5S/c19-10-14(17-22-15-5-1-2-6-16(15)24-17)9-13-11-20-18(21-12-13)23-7-3-4-8-23/h1-2,5-6,9,11-12H,3-4,7-8H2/b14-9-. The topological polar surface area (TPSA) is 65.7 Å². The first-order chi connectivity index (χ1) is 11.8. The van der Waals surface area contributed by atoms with Crippen molar-refractivity contribution < 1.29 is 0 Å².